The second-order valence-corrected chi connectivity index (χ2v) is 11.0. The van der Waals surface area contributed by atoms with Gasteiger partial charge < -0.3 is 30.6 Å². The molecular weight excluding hydrogens is 464 g/mol. The Balaban J connectivity index is 2.02. The van der Waals surface area contributed by atoms with E-state index in [0.29, 0.717) is 60.8 Å². The highest BCUT2D eigenvalue weighted by Crippen LogP contribution is 2.31. The summed E-state index contributed by atoms with van der Waals surface area (Å²) in [5, 5.41) is 60.7. The number of aliphatic hydroxyl groups is 4. The van der Waals surface area contributed by atoms with E-state index in [4.69, 9.17) is 0 Å². The van der Waals surface area contributed by atoms with E-state index in [9.17, 15) is 40.2 Å². The first-order chi connectivity index (χ1) is 16.6. The van der Waals surface area contributed by atoms with E-state index in [1.165, 1.54) is 12.2 Å². The first-order valence-electron chi connectivity index (χ1n) is 12.4. The average Bonchev–Trinajstić information content (AvgIpc) is 2.76. The predicted octanol–water partition coefficient (Wildman–Crippen LogP) is 3.28. The van der Waals surface area contributed by atoms with E-state index in [1.54, 1.807) is 52.0 Å². The number of hydrogen-bond acceptors (Lipinski definition) is 6. The molecule has 2 aliphatic rings. The van der Waals surface area contributed by atoms with E-state index in [1.807, 2.05) is 0 Å². The van der Waals surface area contributed by atoms with Gasteiger partial charge in [0.1, 0.15) is 0 Å². The molecule has 0 amide bonds. The summed E-state index contributed by atoms with van der Waals surface area (Å²) in [6.07, 6.45) is 8.36. The van der Waals surface area contributed by atoms with Crippen LogP contribution in [0.5, 0.6) is 0 Å². The number of aliphatic carboxylic acids is 2. The van der Waals surface area contributed by atoms with Crippen LogP contribution in [0, 0.1) is 10.8 Å². The quantitative estimate of drug-likeness (QED) is 0.221. The van der Waals surface area contributed by atoms with E-state index >= 15 is 0 Å². The van der Waals surface area contributed by atoms with Crippen LogP contribution in [0.4, 0.5) is 0 Å². The van der Waals surface area contributed by atoms with Gasteiger partial charge in [-0.05, 0) is 101 Å². The summed E-state index contributed by atoms with van der Waals surface area (Å²) in [4.78, 5) is 22.6. The van der Waals surface area contributed by atoms with Crippen molar-refractivity contribution in [2.24, 2.45) is 10.8 Å². The molecule has 0 aromatic rings. The van der Waals surface area contributed by atoms with Gasteiger partial charge in [-0.2, -0.15) is 0 Å². The highest BCUT2D eigenvalue weighted by molar-refractivity contribution is 5.73. The van der Waals surface area contributed by atoms with Gasteiger partial charge in [-0.25, -0.2) is 0 Å². The molecule has 200 valence electrons. The van der Waals surface area contributed by atoms with Crippen molar-refractivity contribution < 1.29 is 40.2 Å². The summed E-state index contributed by atoms with van der Waals surface area (Å²) in [6.45, 7) is 6.60. The normalized spacial score (nSPS) is 25.2. The van der Waals surface area contributed by atoms with Gasteiger partial charge >= 0.3 is 11.9 Å². The maximum Gasteiger partial charge on any atom is 0.309 e. The lowest BCUT2D eigenvalue weighted by Crippen LogP contribution is -2.25. The van der Waals surface area contributed by atoms with Crippen LogP contribution >= 0.6 is 0 Å². The molecule has 2 rings (SSSR count). The molecule has 4 atom stereocenters. The van der Waals surface area contributed by atoms with Crippen LogP contribution in [0.15, 0.2) is 58.7 Å². The van der Waals surface area contributed by atoms with E-state index < -0.39 is 47.2 Å². The van der Waals surface area contributed by atoms with E-state index in [2.05, 4.69) is 0 Å². The van der Waals surface area contributed by atoms with Gasteiger partial charge in [0.05, 0.1) is 35.2 Å². The van der Waals surface area contributed by atoms with Gasteiger partial charge in [0, 0.05) is 0 Å². The number of rotatable bonds is 12. The molecule has 8 nitrogen and oxygen atoms in total. The SMILES string of the molecule is CC(C)(CCCC1=CC(O)C=C(C=CC2=CC(O)C=C(CCCC(C)(C)C(=O)O)C2O)C1O)C(=O)O. The van der Waals surface area contributed by atoms with Crippen molar-refractivity contribution in [2.45, 2.75) is 90.6 Å². The summed E-state index contributed by atoms with van der Waals surface area (Å²) in [7, 11) is 0. The van der Waals surface area contributed by atoms with Crippen molar-refractivity contribution in [1.82, 2.24) is 0 Å². The van der Waals surface area contributed by atoms with Gasteiger partial charge in [0.2, 0.25) is 0 Å². The molecule has 36 heavy (non-hydrogen) atoms. The van der Waals surface area contributed by atoms with Gasteiger partial charge in [-0.1, -0.05) is 24.3 Å². The Bertz CT molecular complexity index is 902. The Hall–Kier alpha value is -2.52. The van der Waals surface area contributed by atoms with Crippen molar-refractivity contribution in [3.8, 4) is 0 Å². The standard InChI is InChI=1S/C28H40O8/c1-27(2,25(33)34)11-5-7-17-13-21(29)15-19(23(17)31)9-10-20-16-22(30)14-18(24(20)32)8-6-12-28(3,4)26(35)36/h9-10,13-16,21-24,29-32H,5-8,11-12H2,1-4H3,(H,33,34)(H,35,36). The summed E-state index contributed by atoms with van der Waals surface area (Å²) in [6, 6.07) is 0. The maximum atomic E-state index is 11.3. The molecule has 8 heteroatoms. The molecular formula is C28H40O8. The average molecular weight is 505 g/mol. The fraction of sp³-hybridized carbons (Fsp3) is 0.571. The van der Waals surface area contributed by atoms with Crippen LogP contribution in [0.1, 0.15) is 66.2 Å². The summed E-state index contributed by atoms with van der Waals surface area (Å²) in [5.41, 5.74) is 0.336. The molecule has 2 aliphatic carbocycles. The van der Waals surface area contributed by atoms with Crippen molar-refractivity contribution in [1.29, 1.82) is 0 Å². The van der Waals surface area contributed by atoms with Gasteiger partial charge in [0.25, 0.3) is 0 Å². The summed E-state index contributed by atoms with van der Waals surface area (Å²) >= 11 is 0. The highest BCUT2D eigenvalue weighted by atomic mass is 16.4. The number of carboxylic acid groups (broad SMARTS) is 2. The van der Waals surface area contributed by atoms with E-state index in [0.717, 1.165) is 0 Å². The Morgan fingerprint density at radius 2 is 1.03 bits per heavy atom. The lowest BCUT2D eigenvalue weighted by atomic mass is 9.83. The van der Waals surface area contributed by atoms with Crippen LogP contribution in [-0.4, -0.2) is 67.0 Å². The smallest absolute Gasteiger partial charge is 0.309 e. The lowest BCUT2D eigenvalue weighted by Gasteiger charge is -2.26. The molecule has 4 unspecified atom stereocenters. The molecule has 0 bridgehead atoms. The monoisotopic (exact) mass is 504 g/mol. The van der Waals surface area contributed by atoms with Crippen molar-refractivity contribution in [3.05, 3.63) is 58.7 Å². The van der Waals surface area contributed by atoms with Crippen LogP contribution < -0.4 is 0 Å². The largest absolute Gasteiger partial charge is 0.481 e. The predicted molar refractivity (Wildman–Crippen MR) is 136 cm³/mol. The van der Waals surface area contributed by atoms with Gasteiger partial charge in [-0.15, -0.1) is 0 Å². The van der Waals surface area contributed by atoms with Crippen LogP contribution in [-0.2, 0) is 9.59 Å². The minimum Gasteiger partial charge on any atom is -0.481 e. The number of carbonyl (C=O) groups is 2. The molecule has 0 aliphatic heterocycles. The molecule has 0 spiro atoms. The second kappa shape index (κ2) is 12.1. The third-order valence-corrected chi connectivity index (χ3v) is 6.99. The third-order valence-electron chi connectivity index (χ3n) is 6.99. The molecule has 0 saturated carbocycles. The lowest BCUT2D eigenvalue weighted by molar-refractivity contribution is -0.148. The van der Waals surface area contributed by atoms with E-state index in [-0.39, 0.29) is 0 Å². The Kier molecular flexibility index (Phi) is 10.0. The van der Waals surface area contributed by atoms with Gasteiger partial charge in [-0.3, -0.25) is 9.59 Å². The number of carboxylic acids is 2. The molecule has 0 radical (unpaired) electrons. The van der Waals surface area contributed by atoms with Crippen molar-refractivity contribution in [3.63, 3.8) is 0 Å². The minimum atomic E-state index is -0.975. The van der Waals surface area contributed by atoms with Gasteiger partial charge in [0.15, 0.2) is 0 Å². The first-order valence-corrected chi connectivity index (χ1v) is 12.4. The minimum absolute atomic E-state index is 0.424. The second-order valence-electron chi connectivity index (χ2n) is 11.0. The molecule has 0 saturated heterocycles. The van der Waals surface area contributed by atoms with Crippen molar-refractivity contribution >= 4 is 11.9 Å². The molecule has 6 N–H and O–H groups in total. The zero-order chi connectivity index (χ0) is 27.3. The Morgan fingerprint density at radius 1 is 0.694 bits per heavy atom. The van der Waals surface area contributed by atoms with Crippen LogP contribution in [0.25, 0.3) is 0 Å². The number of aliphatic hydroxyl groups excluding tert-OH is 4. The fourth-order valence-electron chi connectivity index (χ4n) is 4.33. The molecule has 0 heterocycles. The van der Waals surface area contributed by atoms with Crippen molar-refractivity contribution in [2.75, 3.05) is 0 Å². The molecule has 0 aromatic carbocycles. The first kappa shape index (κ1) is 29.7. The highest BCUT2D eigenvalue weighted by Gasteiger charge is 2.29. The van der Waals surface area contributed by atoms with Crippen LogP contribution in [0.2, 0.25) is 0 Å². The Morgan fingerprint density at radius 3 is 1.33 bits per heavy atom. The van der Waals surface area contributed by atoms with Crippen LogP contribution in [0.3, 0.4) is 0 Å². The third kappa shape index (κ3) is 8.00. The zero-order valence-electron chi connectivity index (χ0n) is 21.5. The number of hydrogen-bond donors (Lipinski definition) is 6. The summed E-state index contributed by atoms with van der Waals surface area (Å²) in [5.74, 6) is -1.77. The molecule has 0 fully saturated rings. The topological polar surface area (TPSA) is 156 Å². The Labute approximate surface area is 212 Å². The fourth-order valence-corrected chi connectivity index (χ4v) is 4.33. The molecule has 0 aromatic heterocycles. The summed E-state index contributed by atoms with van der Waals surface area (Å²) < 4.78 is 0. The zero-order valence-corrected chi connectivity index (χ0v) is 21.5. The maximum absolute atomic E-state index is 11.3.